The molecule has 0 amide bonds. The van der Waals surface area contributed by atoms with Gasteiger partial charge in [-0.3, -0.25) is 9.69 Å². The van der Waals surface area contributed by atoms with Gasteiger partial charge >= 0.3 is 5.97 Å². The van der Waals surface area contributed by atoms with Crippen LogP contribution in [0.4, 0.5) is 0 Å². The molecule has 0 radical (unpaired) electrons. The van der Waals surface area contributed by atoms with Crippen molar-refractivity contribution in [1.82, 2.24) is 25.1 Å². The van der Waals surface area contributed by atoms with Gasteiger partial charge in [-0.25, -0.2) is 4.68 Å². The Balaban J connectivity index is 2.61. The van der Waals surface area contributed by atoms with Gasteiger partial charge in [0.1, 0.15) is 0 Å². The summed E-state index contributed by atoms with van der Waals surface area (Å²) in [7, 11) is 1.59. The summed E-state index contributed by atoms with van der Waals surface area (Å²) in [4.78, 5) is 12.6. The number of aryl methyl sites for hydroxylation is 1. The average molecular weight is 271 g/mol. The summed E-state index contributed by atoms with van der Waals surface area (Å²) in [6.07, 6.45) is 2.05. The fraction of sp³-hybridized carbons (Fsp3) is 0.818. The third kappa shape index (κ3) is 5.75. The van der Waals surface area contributed by atoms with Crippen molar-refractivity contribution in [3.8, 4) is 0 Å². The van der Waals surface area contributed by atoms with Crippen molar-refractivity contribution in [2.24, 2.45) is 0 Å². The monoisotopic (exact) mass is 271 g/mol. The minimum Gasteiger partial charge on any atom is -0.480 e. The molecule has 1 heterocycles. The number of aromatic nitrogens is 4. The number of hydrogen-bond acceptors (Lipinski definition) is 6. The van der Waals surface area contributed by atoms with Crippen LogP contribution in [-0.4, -0.2) is 63.0 Å². The third-order valence-corrected chi connectivity index (χ3v) is 2.67. The van der Waals surface area contributed by atoms with E-state index in [1.807, 2.05) is 0 Å². The zero-order valence-corrected chi connectivity index (χ0v) is 11.4. The number of carboxylic acid groups (broad SMARTS) is 1. The Morgan fingerprint density at radius 2 is 2.32 bits per heavy atom. The standard InChI is InChI=1S/C11H21N5O3/c1-3-4-5-16-10(12-13-14-16)8-15(6-7-19-2)9-11(17)18/h3-9H2,1-2H3,(H,17,18). The van der Waals surface area contributed by atoms with Crippen LogP contribution in [-0.2, 0) is 22.6 Å². The fourth-order valence-electron chi connectivity index (χ4n) is 1.64. The van der Waals surface area contributed by atoms with E-state index < -0.39 is 5.97 Å². The molecule has 0 unspecified atom stereocenters. The summed E-state index contributed by atoms with van der Waals surface area (Å²) in [6, 6.07) is 0. The van der Waals surface area contributed by atoms with E-state index in [4.69, 9.17) is 9.84 Å². The second-order valence-electron chi connectivity index (χ2n) is 4.27. The Bertz CT molecular complexity index is 382. The molecule has 0 aliphatic rings. The largest absolute Gasteiger partial charge is 0.480 e. The molecule has 1 N–H and O–H groups in total. The zero-order chi connectivity index (χ0) is 14.1. The Labute approximate surface area is 112 Å². The molecule has 0 bridgehead atoms. The lowest BCUT2D eigenvalue weighted by Crippen LogP contribution is -2.33. The molecule has 19 heavy (non-hydrogen) atoms. The molecule has 8 heteroatoms. The van der Waals surface area contributed by atoms with Gasteiger partial charge in [-0.2, -0.15) is 0 Å². The highest BCUT2D eigenvalue weighted by Gasteiger charge is 2.14. The van der Waals surface area contributed by atoms with Crippen LogP contribution in [0.15, 0.2) is 0 Å². The van der Waals surface area contributed by atoms with Crippen molar-refractivity contribution < 1.29 is 14.6 Å². The van der Waals surface area contributed by atoms with Gasteiger partial charge in [0, 0.05) is 20.2 Å². The van der Waals surface area contributed by atoms with E-state index in [9.17, 15) is 4.79 Å². The maximum absolute atomic E-state index is 10.8. The maximum Gasteiger partial charge on any atom is 0.317 e. The van der Waals surface area contributed by atoms with Crippen LogP contribution in [0.3, 0.4) is 0 Å². The third-order valence-electron chi connectivity index (χ3n) is 2.67. The second-order valence-corrected chi connectivity index (χ2v) is 4.27. The van der Waals surface area contributed by atoms with E-state index in [2.05, 4.69) is 22.4 Å². The Morgan fingerprint density at radius 1 is 1.53 bits per heavy atom. The first-order valence-corrected chi connectivity index (χ1v) is 6.35. The normalized spacial score (nSPS) is 11.1. The molecule has 1 aromatic heterocycles. The van der Waals surface area contributed by atoms with E-state index in [1.165, 1.54) is 0 Å². The van der Waals surface area contributed by atoms with Crippen molar-refractivity contribution in [3.63, 3.8) is 0 Å². The van der Waals surface area contributed by atoms with Crippen LogP contribution in [0, 0.1) is 0 Å². The maximum atomic E-state index is 10.8. The van der Waals surface area contributed by atoms with Crippen molar-refractivity contribution in [2.75, 3.05) is 26.8 Å². The molecule has 1 rings (SSSR count). The van der Waals surface area contributed by atoms with Gasteiger partial charge in [0.25, 0.3) is 0 Å². The van der Waals surface area contributed by atoms with E-state index in [-0.39, 0.29) is 6.54 Å². The summed E-state index contributed by atoms with van der Waals surface area (Å²) >= 11 is 0. The molecule has 8 nitrogen and oxygen atoms in total. The number of methoxy groups -OCH3 is 1. The molecule has 1 aromatic rings. The summed E-state index contributed by atoms with van der Waals surface area (Å²) in [5.74, 6) is -0.186. The minimum atomic E-state index is -0.872. The van der Waals surface area contributed by atoms with Gasteiger partial charge in [-0.1, -0.05) is 13.3 Å². The lowest BCUT2D eigenvalue weighted by Gasteiger charge is -2.18. The first-order chi connectivity index (χ1) is 9.17. The van der Waals surface area contributed by atoms with Gasteiger partial charge in [0.2, 0.25) is 0 Å². The number of carboxylic acids is 1. The molecule has 108 valence electrons. The second kappa shape index (κ2) is 8.54. The van der Waals surface area contributed by atoms with Crippen molar-refractivity contribution in [2.45, 2.75) is 32.9 Å². The number of ether oxygens (including phenoxy) is 1. The first kappa shape index (κ1) is 15.5. The highest BCUT2D eigenvalue weighted by molar-refractivity contribution is 5.69. The van der Waals surface area contributed by atoms with Crippen molar-refractivity contribution in [1.29, 1.82) is 0 Å². The van der Waals surface area contributed by atoms with E-state index in [0.29, 0.717) is 25.5 Å². The van der Waals surface area contributed by atoms with Crippen molar-refractivity contribution in [3.05, 3.63) is 5.82 Å². The van der Waals surface area contributed by atoms with E-state index in [1.54, 1.807) is 16.7 Å². The highest BCUT2D eigenvalue weighted by Crippen LogP contribution is 2.02. The lowest BCUT2D eigenvalue weighted by molar-refractivity contribution is -0.138. The summed E-state index contributed by atoms with van der Waals surface area (Å²) in [6.45, 7) is 4.22. The van der Waals surface area contributed by atoms with Crippen LogP contribution in [0.2, 0.25) is 0 Å². The summed E-state index contributed by atoms with van der Waals surface area (Å²) in [5, 5.41) is 20.4. The Kier molecular flexibility index (Phi) is 6.98. The van der Waals surface area contributed by atoms with Crippen LogP contribution in [0.1, 0.15) is 25.6 Å². The number of rotatable bonds is 10. The fourth-order valence-corrected chi connectivity index (χ4v) is 1.64. The van der Waals surface area contributed by atoms with Gasteiger partial charge in [-0.15, -0.1) is 5.10 Å². The van der Waals surface area contributed by atoms with Crippen molar-refractivity contribution >= 4 is 5.97 Å². The summed E-state index contributed by atoms with van der Waals surface area (Å²) < 4.78 is 6.70. The first-order valence-electron chi connectivity index (χ1n) is 6.35. The molecule has 0 saturated heterocycles. The molecule has 0 aromatic carbocycles. The Hall–Kier alpha value is -1.54. The highest BCUT2D eigenvalue weighted by atomic mass is 16.5. The molecule has 0 aliphatic carbocycles. The molecule has 0 fully saturated rings. The summed E-state index contributed by atoms with van der Waals surface area (Å²) in [5.41, 5.74) is 0. The minimum absolute atomic E-state index is 0.0516. The molecule has 0 atom stereocenters. The molecule has 0 saturated carbocycles. The predicted molar refractivity (Wildman–Crippen MR) is 67.5 cm³/mol. The lowest BCUT2D eigenvalue weighted by atomic mass is 10.3. The average Bonchev–Trinajstić information content (AvgIpc) is 2.80. The van der Waals surface area contributed by atoms with Crippen LogP contribution in [0.25, 0.3) is 0 Å². The van der Waals surface area contributed by atoms with Gasteiger partial charge in [-0.05, 0) is 16.8 Å². The van der Waals surface area contributed by atoms with E-state index in [0.717, 1.165) is 19.4 Å². The van der Waals surface area contributed by atoms with E-state index >= 15 is 0 Å². The zero-order valence-electron chi connectivity index (χ0n) is 11.4. The van der Waals surface area contributed by atoms with Crippen LogP contribution in [0.5, 0.6) is 0 Å². The number of hydrogen-bond donors (Lipinski definition) is 1. The number of unbranched alkanes of at least 4 members (excludes halogenated alkanes) is 1. The Morgan fingerprint density at radius 3 is 2.95 bits per heavy atom. The number of aliphatic carboxylic acids is 1. The molecular weight excluding hydrogens is 250 g/mol. The SMILES string of the molecule is CCCCn1nnnc1CN(CCOC)CC(=O)O. The molecular formula is C11H21N5O3. The number of carbonyl (C=O) groups is 1. The van der Waals surface area contributed by atoms with Gasteiger partial charge in [0.05, 0.1) is 19.7 Å². The molecule has 0 spiro atoms. The molecule has 0 aliphatic heterocycles. The van der Waals surface area contributed by atoms with Gasteiger partial charge in [0.15, 0.2) is 5.82 Å². The van der Waals surface area contributed by atoms with Crippen LogP contribution >= 0.6 is 0 Å². The number of nitrogens with zero attached hydrogens (tertiary/aromatic N) is 5. The number of tetrazole rings is 1. The smallest absolute Gasteiger partial charge is 0.317 e. The van der Waals surface area contributed by atoms with Gasteiger partial charge < -0.3 is 9.84 Å². The van der Waals surface area contributed by atoms with Crippen LogP contribution < -0.4 is 0 Å². The predicted octanol–water partition coefficient (Wildman–Crippen LogP) is 0.00620. The topological polar surface area (TPSA) is 93.4 Å². The quantitative estimate of drug-likeness (QED) is 0.640.